The van der Waals surface area contributed by atoms with Gasteiger partial charge in [0.25, 0.3) is 0 Å². The summed E-state index contributed by atoms with van der Waals surface area (Å²) in [6.07, 6.45) is 0. The van der Waals surface area contributed by atoms with E-state index in [2.05, 4.69) is 207 Å². The lowest BCUT2D eigenvalue weighted by Gasteiger charge is -2.46. The fraction of sp³-hybridized carbons (Fsp3) is 0.0769. The third-order valence-electron chi connectivity index (χ3n) is 12.1. The Hall–Kier alpha value is -6.64. The van der Waals surface area contributed by atoms with Gasteiger partial charge in [-0.1, -0.05) is 141 Å². The van der Waals surface area contributed by atoms with Crippen LogP contribution in [0.5, 0.6) is 0 Å². The molecule has 2 nitrogen and oxygen atoms in total. The van der Waals surface area contributed by atoms with Crippen LogP contribution in [0, 0.1) is 0 Å². The highest BCUT2D eigenvalue weighted by molar-refractivity contribution is 6.08. The van der Waals surface area contributed by atoms with Crippen LogP contribution in [0.25, 0.3) is 44.2 Å². The van der Waals surface area contributed by atoms with Gasteiger partial charge in [-0.05, 0) is 116 Å². The van der Waals surface area contributed by atoms with Gasteiger partial charge in [0.05, 0.1) is 5.41 Å². The summed E-state index contributed by atoms with van der Waals surface area (Å²) >= 11 is 0. The van der Waals surface area contributed by atoms with Crippen LogP contribution >= 0.6 is 0 Å². The van der Waals surface area contributed by atoms with Crippen LogP contribution in [0.15, 0.2) is 192 Å². The summed E-state index contributed by atoms with van der Waals surface area (Å²) < 4.78 is 6.47. The molecule has 0 bridgehead atoms. The molecule has 11 rings (SSSR count). The van der Waals surface area contributed by atoms with Gasteiger partial charge in [0, 0.05) is 33.2 Å². The van der Waals surface area contributed by atoms with E-state index in [1.54, 1.807) is 0 Å². The highest BCUT2D eigenvalue weighted by Crippen LogP contribution is 2.62. The number of hydrogen-bond donors (Lipinski definition) is 0. The summed E-state index contributed by atoms with van der Waals surface area (Å²) in [4.78, 5) is 2.31. The number of furan rings is 1. The number of benzene rings is 8. The molecule has 1 heterocycles. The number of rotatable bonds is 4. The maximum atomic E-state index is 6.47. The Kier molecular flexibility index (Phi) is 6.55. The maximum Gasteiger partial charge on any atom is 0.135 e. The highest BCUT2D eigenvalue weighted by atomic mass is 16.3. The van der Waals surface area contributed by atoms with Gasteiger partial charge >= 0.3 is 0 Å². The van der Waals surface area contributed by atoms with Crippen molar-refractivity contribution in [1.82, 2.24) is 0 Å². The minimum atomic E-state index is -0.426. The van der Waals surface area contributed by atoms with Crippen LogP contribution < -0.4 is 4.90 Å². The molecule has 2 heteroatoms. The summed E-state index contributed by atoms with van der Waals surface area (Å²) in [5, 5.41) is 2.21. The maximum absolute atomic E-state index is 6.47. The van der Waals surface area contributed by atoms with E-state index in [9.17, 15) is 0 Å². The van der Waals surface area contributed by atoms with Gasteiger partial charge in [0.1, 0.15) is 11.2 Å². The predicted molar refractivity (Wildman–Crippen MR) is 223 cm³/mol. The molecule has 54 heavy (non-hydrogen) atoms. The van der Waals surface area contributed by atoms with E-state index >= 15 is 0 Å². The van der Waals surface area contributed by atoms with Crippen molar-refractivity contribution in [2.45, 2.75) is 24.7 Å². The van der Waals surface area contributed by atoms with Crippen molar-refractivity contribution in [3.8, 4) is 22.3 Å². The molecule has 0 aliphatic heterocycles. The molecule has 256 valence electrons. The zero-order valence-electron chi connectivity index (χ0n) is 30.3. The number of para-hydroxylation sites is 2. The van der Waals surface area contributed by atoms with Gasteiger partial charge in [-0.25, -0.2) is 0 Å². The molecule has 1 spiro atoms. The van der Waals surface area contributed by atoms with Crippen molar-refractivity contribution < 1.29 is 4.42 Å². The first kappa shape index (κ1) is 30.9. The largest absolute Gasteiger partial charge is 0.456 e. The molecule has 9 aromatic rings. The Balaban J connectivity index is 1.11. The topological polar surface area (TPSA) is 16.4 Å². The first-order valence-electron chi connectivity index (χ1n) is 18.8. The zero-order chi connectivity index (χ0) is 36.0. The minimum absolute atomic E-state index is 0.128. The lowest BCUT2D eigenvalue weighted by atomic mass is 9.55. The van der Waals surface area contributed by atoms with Crippen molar-refractivity contribution in [1.29, 1.82) is 0 Å². The number of hydrogen-bond acceptors (Lipinski definition) is 2. The third kappa shape index (κ3) is 4.22. The molecule has 8 aromatic carbocycles. The molecule has 0 radical (unpaired) electrons. The van der Waals surface area contributed by atoms with Crippen molar-refractivity contribution in [2.24, 2.45) is 0 Å². The number of anilines is 3. The Morgan fingerprint density at radius 1 is 0.370 bits per heavy atom. The summed E-state index contributed by atoms with van der Waals surface area (Å²) in [7, 11) is 0. The fourth-order valence-corrected chi connectivity index (χ4v) is 9.73. The van der Waals surface area contributed by atoms with Gasteiger partial charge in [-0.3, -0.25) is 0 Å². The van der Waals surface area contributed by atoms with Crippen molar-refractivity contribution in [2.75, 3.05) is 4.90 Å². The SMILES string of the molecule is CC1(C)c2ccccc2C2(c3ccccc3-c3ccc(-c4ccc5oc6ccc(N(c7ccccc7)c7ccccc7)cc6c5c4)cc32)c2ccccc21. The van der Waals surface area contributed by atoms with Crippen molar-refractivity contribution in [3.05, 3.63) is 221 Å². The normalized spacial score (nSPS) is 14.4. The van der Waals surface area contributed by atoms with Crippen LogP contribution in [0.2, 0.25) is 0 Å². The smallest absolute Gasteiger partial charge is 0.135 e. The lowest BCUT2D eigenvalue weighted by Crippen LogP contribution is -2.40. The quantitative estimate of drug-likeness (QED) is 0.183. The van der Waals surface area contributed by atoms with Crippen molar-refractivity contribution in [3.63, 3.8) is 0 Å². The van der Waals surface area contributed by atoms with Crippen LogP contribution in [0.4, 0.5) is 17.1 Å². The van der Waals surface area contributed by atoms with E-state index in [1.807, 2.05) is 0 Å². The summed E-state index contributed by atoms with van der Waals surface area (Å²) in [6.45, 7) is 4.76. The molecule has 0 saturated heterocycles. The summed E-state index contributed by atoms with van der Waals surface area (Å²) in [6, 6.07) is 68.8. The van der Waals surface area contributed by atoms with E-state index in [4.69, 9.17) is 4.42 Å². The van der Waals surface area contributed by atoms with E-state index in [0.717, 1.165) is 39.0 Å². The first-order chi connectivity index (χ1) is 26.5. The van der Waals surface area contributed by atoms with E-state index < -0.39 is 5.41 Å². The van der Waals surface area contributed by atoms with E-state index in [0.29, 0.717) is 0 Å². The van der Waals surface area contributed by atoms with Crippen molar-refractivity contribution >= 4 is 39.0 Å². The second-order valence-electron chi connectivity index (χ2n) is 15.3. The molecule has 0 unspecified atom stereocenters. The molecule has 0 atom stereocenters. The van der Waals surface area contributed by atoms with Gasteiger partial charge in [0.15, 0.2) is 0 Å². The second kappa shape index (κ2) is 11.4. The number of nitrogens with zero attached hydrogens (tertiary/aromatic N) is 1. The minimum Gasteiger partial charge on any atom is -0.456 e. The molecule has 0 fully saturated rings. The van der Waals surface area contributed by atoms with Crippen LogP contribution in [-0.2, 0) is 10.8 Å². The fourth-order valence-electron chi connectivity index (χ4n) is 9.73. The molecule has 1 aromatic heterocycles. The third-order valence-corrected chi connectivity index (χ3v) is 12.1. The Labute approximate surface area is 315 Å². The van der Waals surface area contributed by atoms with E-state index in [1.165, 1.54) is 55.6 Å². The second-order valence-corrected chi connectivity index (χ2v) is 15.3. The van der Waals surface area contributed by atoms with Gasteiger partial charge in [0.2, 0.25) is 0 Å². The zero-order valence-corrected chi connectivity index (χ0v) is 30.3. The lowest BCUT2D eigenvalue weighted by molar-refractivity contribution is 0.563. The van der Waals surface area contributed by atoms with Gasteiger partial charge < -0.3 is 9.32 Å². The molecule has 0 amide bonds. The average Bonchev–Trinajstić information content (AvgIpc) is 3.74. The molecule has 0 saturated carbocycles. The Bertz CT molecular complexity index is 2830. The molecule has 0 N–H and O–H groups in total. The molecular weight excluding hydrogens is 655 g/mol. The Morgan fingerprint density at radius 3 is 1.50 bits per heavy atom. The van der Waals surface area contributed by atoms with Crippen LogP contribution in [-0.4, -0.2) is 0 Å². The standard InChI is InChI=1S/C52H37NO/c1-51(2)44-21-11-13-23-46(44)52(47-24-14-12-22-45(47)51)43-20-10-9-19-39(43)40-28-25-35(32-48(40)52)34-26-29-49-41(31-34)42-33-38(27-30-50(42)54-49)53(36-15-5-3-6-16-36)37-17-7-4-8-18-37/h3-33H,1-2H3. The monoisotopic (exact) mass is 691 g/mol. The average molecular weight is 692 g/mol. The van der Waals surface area contributed by atoms with Gasteiger partial charge in [-0.15, -0.1) is 0 Å². The summed E-state index contributed by atoms with van der Waals surface area (Å²) in [5.74, 6) is 0. The molecule has 2 aliphatic rings. The van der Waals surface area contributed by atoms with Crippen LogP contribution in [0.1, 0.15) is 47.2 Å². The Morgan fingerprint density at radius 2 is 0.852 bits per heavy atom. The van der Waals surface area contributed by atoms with Crippen LogP contribution in [0.3, 0.4) is 0 Å². The van der Waals surface area contributed by atoms with Gasteiger partial charge in [-0.2, -0.15) is 0 Å². The first-order valence-corrected chi connectivity index (χ1v) is 18.8. The predicted octanol–water partition coefficient (Wildman–Crippen LogP) is 13.7. The molecular formula is C52H37NO. The number of fused-ring (bicyclic) bond motifs is 12. The highest BCUT2D eigenvalue weighted by Gasteiger charge is 2.53. The summed E-state index contributed by atoms with van der Waals surface area (Å²) in [5.41, 5.74) is 17.7. The molecule has 2 aliphatic carbocycles. The van der Waals surface area contributed by atoms with E-state index in [-0.39, 0.29) is 5.41 Å².